The fourth-order valence-electron chi connectivity index (χ4n) is 1.85. The second-order valence-corrected chi connectivity index (χ2v) is 4.49. The van der Waals surface area contributed by atoms with E-state index in [0.29, 0.717) is 0 Å². The zero-order chi connectivity index (χ0) is 10.7. The van der Waals surface area contributed by atoms with Crippen molar-refractivity contribution in [1.29, 1.82) is 0 Å². The fourth-order valence-corrected chi connectivity index (χ4v) is 1.85. The van der Waals surface area contributed by atoms with Gasteiger partial charge in [-0.1, -0.05) is 30.3 Å². The molecular weight excluding hydrogens is 264 g/mol. The summed E-state index contributed by atoms with van der Waals surface area (Å²) in [5.41, 5.74) is 1.48. The predicted octanol–water partition coefficient (Wildman–Crippen LogP) is -0.716. The molecule has 0 aliphatic rings. The van der Waals surface area contributed by atoms with Crippen LogP contribution in [0, 0.1) is 0 Å². The number of rotatable bonds is 3. The van der Waals surface area contributed by atoms with Crippen molar-refractivity contribution < 1.29 is 21.5 Å². The monoisotopic (exact) mass is 280 g/mol. The van der Waals surface area contributed by atoms with Crippen LogP contribution in [0.25, 0.3) is 0 Å². The number of aromatic nitrogens is 2. The highest BCUT2D eigenvalue weighted by atomic mass is 79.9. The molecule has 2 aromatic rings. The van der Waals surface area contributed by atoms with E-state index in [9.17, 15) is 0 Å². The van der Waals surface area contributed by atoms with Crippen LogP contribution in [0.4, 0.5) is 0 Å². The van der Waals surface area contributed by atoms with Gasteiger partial charge in [0.25, 0.3) is 0 Å². The molecule has 2 rings (SSSR count). The Balaban J connectivity index is 0.00000128. The standard InChI is InChI=1S/C13H16N2.BrH/c1-13(2,15-9-8-14-11-15)10-12-6-4-3-5-7-12;/h3-9,11H,10H2,1-2H3;1H. The number of hydrogen-bond donors (Lipinski definition) is 1. The Hall–Kier alpha value is -1.09. The summed E-state index contributed by atoms with van der Waals surface area (Å²) in [4.78, 5) is 3.08. The Morgan fingerprint density at radius 2 is 1.88 bits per heavy atom. The molecule has 1 N–H and O–H groups in total. The highest BCUT2D eigenvalue weighted by Gasteiger charge is 2.24. The highest BCUT2D eigenvalue weighted by Crippen LogP contribution is 2.14. The van der Waals surface area contributed by atoms with Crippen molar-refractivity contribution in [2.24, 2.45) is 0 Å². The molecule has 0 radical (unpaired) electrons. The Morgan fingerprint density at radius 3 is 2.44 bits per heavy atom. The molecule has 1 aromatic heterocycles. The highest BCUT2D eigenvalue weighted by molar-refractivity contribution is 5.15. The summed E-state index contributed by atoms with van der Waals surface area (Å²) >= 11 is 0. The molecule has 0 bridgehead atoms. The number of benzene rings is 1. The first-order chi connectivity index (χ1) is 7.18. The van der Waals surface area contributed by atoms with Gasteiger partial charge in [-0.3, -0.25) is 4.98 Å². The first-order valence-electron chi connectivity index (χ1n) is 5.27. The first kappa shape index (κ1) is 13.0. The van der Waals surface area contributed by atoms with Crippen LogP contribution in [0.2, 0.25) is 0 Å². The van der Waals surface area contributed by atoms with Gasteiger partial charge in [0.05, 0.1) is 0 Å². The van der Waals surface area contributed by atoms with Crippen LogP contribution in [0.3, 0.4) is 0 Å². The third-order valence-corrected chi connectivity index (χ3v) is 2.72. The number of nitrogens with zero attached hydrogens (tertiary/aromatic N) is 1. The minimum absolute atomic E-state index is 0. The molecular formula is C13H17BrN2. The van der Waals surface area contributed by atoms with Gasteiger partial charge in [-0.15, -0.1) is 0 Å². The summed E-state index contributed by atoms with van der Waals surface area (Å²) in [7, 11) is 0. The lowest BCUT2D eigenvalue weighted by Gasteiger charge is -2.21. The number of nitrogens with one attached hydrogen (secondary N) is 1. The van der Waals surface area contributed by atoms with E-state index in [0.717, 1.165) is 6.42 Å². The van der Waals surface area contributed by atoms with E-state index in [2.05, 4.69) is 59.9 Å². The molecule has 0 fully saturated rings. The second kappa shape index (κ2) is 5.30. The maximum absolute atomic E-state index is 3.08. The number of halogens is 1. The Bertz CT molecular complexity index is 407. The molecule has 0 unspecified atom stereocenters. The zero-order valence-electron chi connectivity index (χ0n) is 9.65. The third-order valence-electron chi connectivity index (χ3n) is 2.72. The van der Waals surface area contributed by atoms with E-state index in [4.69, 9.17) is 0 Å². The molecule has 3 heteroatoms. The third kappa shape index (κ3) is 2.95. The van der Waals surface area contributed by atoms with Gasteiger partial charge in [0, 0.05) is 6.42 Å². The largest absolute Gasteiger partial charge is 1.00 e. The molecule has 0 aliphatic carbocycles. The molecule has 0 amide bonds. The average Bonchev–Trinajstić information content (AvgIpc) is 2.71. The second-order valence-electron chi connectivity index (χ2n) is 4.49. The zero-order valence-corrected chi connectivity index (χ0v) is 11.2. The van der Waals surface area contributed by atoms with Gasteiger partial charge in [0.15, 0.2) is 0 Å². The van der Waals surface area contributed by atoms with Crippen LogP contribution >= 0.6 is 0 Å². The number of H-pyrrole nitrogens is 1. The van der Waals surface area contributed by atoms with Gasteiger partial charge >= 0.3 is 0 Å². The molecule has 1 aromatic carbocycles. The first-order valence-corrected chi connectivity index (χ1v) is 5.27. The van der Waals surface area contributed by atoms with E-state index < -0.39 is 0 Å². The van der Waals surface area contributed by atoms with Gasteiger partial charge in [0.1, 0.15) is 17.9 Å². The lowest BCUT2D eigenvalue weighted by molar-refractivity contribution is -0.756. The lowest BCUT2D eigenvalue weighted by atomic mass is 9.95. The number of hydrogen-bond acceptors (Lipinski definition) is 0. The summed E-state index contributed by atoms with van der Waals surface area (Å²) in [5.74, 6) is 0. The van der Waals surface area contributed by atoms with Crippen molar-refractivity contribution in [3.8, 4) is 0 Å². The number of imidazole rings is 1. The number of aromatic amines is 1. The summed E-state index contributed by atoms with van der Waals surface area (Å²) in [6, 6.07) is 10.6. The smallest absolute Gasteiger partial charge is 0.241 e. The van der Waals surface area contributed by atoms with Crippen LogP contribution in [0.15, 0.2) is 49.1 Å². The molecule has 0 saturated heterocycles. The van der Waals surface area contributed by atoms with E-state index in [1.807, 2.05) is 12.5 Å². The van der Waals surface area contributed by atoms with Crippen LogP contribution in [-0.2, 0) is 12.0 Å². The molecule has 0 atom stereocenters. The molecule has 2 nitrogen and oxygen atoms in total. The predicted molar refractivity (Wildman–Crippen MR) is 60.5 cm³/mol. The molecule has 16 heavy (non-hydrogen) atoms. The average molecular weight is 281 g/mol. The lowest BCUT2D eigenvalue weighted by Crippen LogP contribution is -3.00. The molecule has 0 aliphatic heterocycles. The maximum atomic E-state index is 3.08. The van der Waals surface area contributed by atoms with Gasteiger partial charge in [-0.05, 0) is 19.4 Å². The summed E-state index contributed by atoms with van der Waals surface area (Å²) in [6.07, 6.45) is 7.06. The fraction of sp³-hybridized carbons (Fsp3) is 0.308. The van der Waals surface area contributed by atoms with Gasteiger partial charge in [0.2, 0.25) is 6.33 Å². The van der Waals surface area contributed by atoms with Gasteiger partial charge in [-0.25, -0.2) is 4.57 Å². The van der Waals surface area contributed by atoms with Crippen molar-refractivity contribution in [1.82, 2.24) is 4.98 Å². The topological polar surface area (TPSA) is 19.7 Å². The molecule has 86 valence electrons. The minimum atomic E-state index is 0. The van der Waals surface area contributed by atoms with Crippen LogP contribution in [-0.4, -0.2) is 4.98 Å². The molecule has 1 heterocycles. The van der Waals surface area contributed by atoms with Crippen LogP contribution in [0.1, 0.15) is 19.4 Å². The summed E-state index contributed by atoms with van der Waals surface area (Å²) < 4.78 is 2.21. The van der Waals surface area contributed by atoms with Crippen LogP contribution < -0.4 is 21.5 Å². The molecule has 0 spiro atoms. The van der Waals surface area contributed by atoms with E-state index >= 15 is 0 Å². The van der Waals surface area contributed by atoms with Crippen molar-refractivity contribution >= 4 is 0 Å². The van der Waals surface area contributed by atoms with Crippen LogP contribution in [0.5, 0.6) is 0 Å². The SMILES string of the molecule is CC(C)(Cc1ccccc1)[n+]1cc[nH]c1.[Br-]. The van der Waals surface area contributed by atoms with E-state index in [1.54, 1.807) is 0 Å². The van der Waals surface area contributed by atoms with E-state index in [-0.39, 0.29) is 22.5 Å². The van der Waals surface area contributed by atoms with Crippen molar-refractivity contribution in [3.05, 3.63) is 54.6 Å². The summed E-state index contributed by atoms with van der Waals surface area (Å²) in [5, 5.41) is 0. The normalized spacial score (nSPS) is 10.9. The Labute approximate surface area is 107 Å². The van der Waals surface area contributed by atoms with Gasteiger partial charge < -0.3 is 17.0 Å². The van der Waals surface area contributed by atoms with Gasteiger partial charge in [-0.2, -0.15) is 0 Å². The Morgan fingerprint density at radius 1 is 1.19 bits per heavy atom. The summed E-state index contributed by atoms with van der Waals surface area (Å²) in [6.45, 7) is 4.49. The van der Waals surface area contributed by atoms with Crippen molar-refractivity contribution in [2.45, 2.75) is 25.8 Å². The quantitative estimate of drug-likeness (QED) is 0.717. The van der Waals surface area contributed by atoms with Crippen molar-refractivity contribution in [3.63, 3.8) is 0 Å². The molecule has 0 saturated carbocycles. The minimum Gasteiger partial charge on any atom is -1.00 e. The van der Waals surface area contributed by atoms with Crippen molar-refractivity contribution in [2.75, 3.05) is 0 Å². The van der Waals surface area contributed by atoms with E-state index in [1.165, 1.54) is 5.56 Å². The maximum Gasteiger partial charge on any atom is 0.241 e. The Kier molecular flexibility index (Phi) is 4.30.